The lowest BCUT2D eigenvalue weighted by Gasteiger charge is -2.24. The standard InChI is InChI=1S/C14H16ClNO2/c1-10(17)9-11-5-4-8-16(11)14(18)12-6-2-3-7-13(12)15/h2-3,6-7,11H,4-5,8-9H2,1H3. The third-order valence-electron chi connectivity index (χ3n) is 3.27. The Balaban J connectivity index is 2.18. The summed E-state index contributed by atoms with van der Waals surface area (Å²) in [6.45, 7) is 2.28. The van der Waals surface area contributed by atoms with Crippen LogP contribution in [-0.4, -0.2) is 29.2 Å². The number of amides is 1. The number of carbonyl (C=O) groups is 2. The molecule has 1 heterocycles. The molecular weight excluding hydrogens is 250 g/mol. The number of halogens is 1. The number of carbonyl (C=O) groups excluding carboxylic acids is 2. The molecule has 3 nitrogen and oxygen atoms in total. The zero-order valence-corrected chi connectivity index (χ0v) is 11.1. The molecule has 96 valence electrons. The summed E-state index contributed by atoms with van der Waals surface area (Å²) in [6.07, 6.45) is 2.29. The predicted octanol–water partition coefficient (Wildman–Crippen LogP) is 2.92. The van der Waals surface area contributed by atoms with Crippen LogP contribution in [0.2, 0.25) is 5.02 Å². The number of hydrogen-bond acceptors (Lipinski definition) is 2. The minimum atomic E-state index is -0.0654. The Kier molecular flexibility index (Phi) is 4.02. The molecule has 1 aromatic carbocycles. The fraction of sp³-hybridized carbons (Fsp3) is 0.429. The van der Waals surface area contributed by atoms with E-state index in [2.05, 4.69) is 0 Å². The Bertz CT molecular complexity index is 473. The summed E-state index contributed by atoms with van der Waals surface area (Å²) in [7, 11) is 0. The maximum Gasteiger partial charge on any atom is 0.255 e. The summed E-state index contributed by atoms with van der Waals surface area (Å²) >= 11 is 6.04. The third kappa shape index (κ3) is 2.72. The van der Waals surface area contributed by atoms with E-state index in [1.54, 1.807) is 36.1 Å². The van der Waals surface area contributed by atoms with Gasteiger partial charge >= 0.3 is 0 Å². The predicted molar refractivity (Wildman–Crippen MR) is 70.8 cm³/mol. The number of rotatable bonds is 3. The highest BCUT2D eigenvalue weighted by Crippen LogP contribution is 2.25. The van der Waals surface area contributed by atoms with Gasteiger partial charge < -0.3 is 4.90 Å². The van der Waals surface area contributed by atoms with Gasteiger partial charge in [-0.15, -0.1) is 0 Å². The summed E-state index contributed by atoms with van der Waals surface area (Å²) < 4.78 is 0. The van der Waals surface area contributed by atoms with Crippen molar-refractivity contribution in [2.45, 2.75) is 32.2 Å². The van der Waals surface area contributed by atoms with Crippen molar-refractivity contribution in [3.05, 3.63) is 34.9 Å². The van der Waals surface area contributed by atoms with Crippen LogP contribution in [0.3, 0.4) is 0 Å². The van der Waals surface area contributed by atoms with Gasteiger partial charge in [0.2, 0.25) is 0 Å². The van der Waals surface area contributed by atoms with Crippen LogP contribution in [0.25, 0.3) is 0 Å². The van der Waals surface area contributed by atoms with Crippen molar-refractivity contribution in [3.8, 4) is 0 Å². The Morgan fingerprint density at radius 1 is 1.39 bits per heavy atom. The van der Waals surface area contributed by atoms with Crippen LogP contribution < -0.4 is 0 Å². The molecule has 1 aliphatic rings. The molecule has 1 amide bonds. The summed E-state index contributed by atoms with van der Waals surface area (Å²) in [5.41, 5.74) is 0.523. The molecule has 1 atom stereocenters. The number of benzene rings is 1. The first-order chi connectivity index (χ1) is 8.59. The molecule has 0 saturated carbocycles. The van der Waals surface area contributed by atoms with Gasteiger partial charge in [0, 0.05) is 19.0 Å². The number of ketones is 1. The fourth-order valence-corrected chi connectivity index (χ4v) is 2.65. The molecule has 0 spiro atoms. The molecule has 0 aromatic heterocycles. The first kappa shape index (κ1) is 13.1. The molecule has 1 unspecified atom stereocenters. The van der Waals surface area contributed by atoms with Crippen LogP contribution in [0.15, 0.2) is 24.3 Å². The van der Waals surface area contributed by atoms with Crippen molar-refractivity contribution in [3.63, 3.8) is 0 Å². The van der Waals surface area contributed by atoms with Gasteiger partial charge in [-0.2, -0.15) is 0 Å². The van der Waals surface area contributed by atoms with Crippen LogP contribution in [0.4, 0.5) is 0 Å². The van der Waals surface area contributed by atoms with Gasteiger partial charge in [0.05, 0.1) is 10.6 Å². The van der Waals surface area contributed by atoms with Gasteiger partial charge in [-0.05, 0) is 31.9 Å². The highest BCUT2D eigenvalue weighted by atomic mass is 35.5. The Hall–Kier alpha value is -1.35. The average molecular weight is 266 g/mol. The second-order valence-electron chi connectivity index (χ2n) is 4.68. The first-order valence-electron chi connectivity index (χ1n) is 6.14. The van der Waals surface area contributed by atoms with E-state index >= 15 is 0 Å². The Labute approximate surface area is 112 Å². The highest BCUT2D eigenvalue weighted by Gasteiger charge is 2.30. The maximum atomic E-state index is 12.4. The Morgan fingerprint density at radius 2 is 2.11 bits per heavy atom. The van der Waals surface area contributed by atoms with Crippen molar-refractivity contribution >= 4 is 23.3 Å². The lowest BCUT2D eigenvalue weighted by molar-refractivity contribution is -0.117. The second kappa shape index (κ2) is 5.53. The van der Waals surface area contributed by atoms with Crippen molar-refractivity contribution in [1.82, 2.24) is 4.90 Å². The average Bonchev–Trinajstić information content (AvgIpc) is 2.76. The van der Waals surface area contributed by atoms with Crippen molar-refractivity contribution in [2.75, 3.05) is 6.54 Å². The van der Waals surface area contributed by atoms with E-state index in [1.165, 1.54) is 0 Å². The van der Waals surface area contributed by atoms with E-state index in [-0.39, 0.29) is 17.7 Å². The maximum absolute atomic E-state index is 12.4. The zero-order chi connectivity index (χ0) is 13.1. The minimum Gasteiger partial charge on any atom is -0.335 e. The largest absolute Gasteiger partial charge is 0.335 e. The quantitative estimate of drug-likeness (QED) is 0.843. The smallest absolute Gasteiger partial charge is 0.255 e. The van der Waals surface area contributed by atoms with Crippen molar-refractivity contribution < 1.29 is 9.59 Å². The number of Topliss-reactive ketones (excluding diaryl/α,β-unsaturated/α-hetero) is 1. The zero-order valence-electron chi connectivity index (χ0n) is 10.4. The lowest BCUT2D eigenvalue weighted by Crippen LogP contribution is -2.36. The molecular formula is C14H16ClNO2. The lowest BCUT2D eigenvalue weighted by atomic mass is 10.1. The SMILES string of the molecule is CC(=O)CC1CCCN1C(=O)c1ccccc1Cl. The van der Waals surface area contributed by atoms with Gasteiger partial charge in [0.1, 0.15) is 5.78 Å². The van der Waals surface area contributed by atoms with E-state index in [9.17, 15) is 9.59 Å². The van der Waals surface area contributed by atoms with Gasteiger partial charge in [-0.25, -0.2) is 0 Å². The summed E-state index contributed by atoms with van der Waals surface area (Å²) in [5, 5.41) is 0.468. The van der Waals surface area contributed by atoms with Crippen LogP contribution >= 0.6 is 11.6 Å². The van der Waals surface area contributed by atoms with Crippen LogP contribution in [-0.2, 0) is 4.79 Å². The molecule has 1 saturated heterocycles. The molecule has 0 bridgehead atoms. The second-order valence-corrected chi connectivity index (χ2v) is 5.09. The van der Waals surface area contributed by atoms with Gasteiger partial charge in [0.25, 0.3) is 5.91 Å². The summed E-state index contributed by atoms with van der Waals surface area (Å²) in [5.74, 6) is 0.0585. The topological polar surface area (TPSA) is 37.4 Å². The number of likely N-dealkylation sites (tertiary alicyclic amines) is 1. The van der Waals surface area contributed by atoms with E-state index in [1.807, 2.05) is 0 Å². The normalized spacial score (nSPS) is 19.0. The molecule has 1 aromatic rings. The molecule has 4 heteroatoms. The van der Waals surface area contributed by atoms with Crippen LogP contribution in [0.1, 0.15) is 36.5 Å². The van der Waals surface area contributed by atoms with Gasteiger partial charge in [-0.3, -0.25) is 9.59 Å². The van der Waals surface area contributed by atoms with Crippen LogP contribution in [0, 0.1) is 0 Å². The molecule has 2 rings (SSSR count). The van der Waals surface area contributed by atoms with Crippen molar-refractivity contribution in [1.29, 1.82) is 0 Å². The van der Waals surface area contributed by atoms with Crippen molar-refractivity contribution in [2.24, 2.45) is 0 Å². The monoisotopic (exact) mass is 265 g/mol. The molecule has 18 heavy (non-hydrogen) atoms. The van der Waals surface area contributed by atoms with E-state index in [4.69, 9.17) is 11.6 Å². The fourth-order valence-electron chi connectivity index (χ4n) is 2.44. The van der Waals surface area contributed by atoms with E-state index in [0.29, 0.717) is 23.6 Å². The molecule has 1 fully saturated rings. The Morgan fingerprint density at radius 3 is 2.78 bits per heavy atom. The van der Waals surface area contributed by atoms with Gasteiger partial charge in [0.15, 0.2) is 0 Å². The highest BCUT2D eigenvalue weighted by molar-refractivity contribution is 6.33. The van der Waals surface area contributed by atoms with Gasteiger partial charge in [-0.1, -0.05) is 23.7 Å². The van der Waals surface area contributed by atoms with E-state index < -0.39 is 0 Å². The molecule has 0 N–H and O–H groups in total. The minimum absolute atomic E-state index is 0.0336. The molecule has 0 aliphatic carbocycles. The number of nitrogens with zero attached hydrogens (tertiary/aromatic N) is 1. The van der Waals surface area contributed by atoms with Crippen LogP contribution in [0.5, 0.6) is 0 Å². The number of hydrogen-bond donors (Lipinski definition) is 0. The first-order valence-corrected chi connectivity index (χ1v) is 6.52. The van der Waals surface area contributed by atoms with E-state index in [0.717, 1.165) is 12.8 Å². The molecule has 0 radical (unpaired) electrons. The molecule has 1 aliphatic heterocycles. The third-order valence-corrected chi connectivity index (χ3v) is 3.59. The summed E-state index contributed by atoms with van der Waals surface area (Å²) in [6, 6.07) is 7.08. The summed E-state index contributed by atoms with van der Waals surface area (Å²) in [4.78, 5) is 25.4.